The summed E-state index contributed by atoms with van der Waals surface area (Å²) in [5.41, 5.74) is 1.78. The highest BCUT2D eigenvalue weighted by atomic mass is 32.2. The lowest BCUT2D eigenvalue weighted by Gasteiger charge is -2.06. The zero-order chi connectivity index (χ0) is 17.8. The van der Waals surface area contributed by atoms with Crippen LogP contribution in [-0.2, 0) is 11.8 Å². The average Bonchev–Trinajstić information content (AvgIpc) is 3.20. The van der Waals surface area contributed by atoms with Crippen molar-refractivity contribution in [2.24, 2.45) is 7.05 Å². The highest BCUT2D eigenvalue weighted by Gasteiger charge is 2.24. The Morgan fingerprint density at radius 2 is 2.12 bits per heavy atom. The van der Waals surface area contributed by atoms with E-state index < -0.39 is 5.92 Å². The fourth-order valence-electron chi connectivity index (χ4n) is 2.27. The van der Waals surface area contributed by atoms with Crippen molar-refractivity contribution in [3.8, 4) is 17.5 Å². The summed E-state index contributed by atoms with van der Waals surface area (Å²) < 4.78 is 1.85. The fourth-order valence-corrected chi connectivity index (χ4v) is 3.95. The number of thioether (sulfide) groups is 1. The molecular formula is C17H15N5OS2. The number of carbonyl (C=O) groups excluding carboxylic acids is 1. The predicted octanol–water partition coefficient (Wildman–Crippen LogP) is 3.22. The molecule has 0 amide bonds. The van der Waals surface area contributed by atoms with Crippen LogP contribution in [0.25, 0.3) is 11.4 Å². The molecule has 0 aliphatic rings. The molecule has 3 rings (SSSR count). The summed E-state index contributed by atoms with van der Waals surface area (Å²) in [6, 6.07) is 11.8. The normalized spacial score (nSPS) is 11.9. The van der Waals surface area contributed by atoms with Crippen molar-refractivity contribution >= 4 is 28.9 Å². The molecule has 0 aliphatic heterocycles. The number of thiazole rings is 1. The van der Waals surface area contributed by atoms with E-state index in [2.05, 4.69) is 21.3 Å². The van der Waals surface area contributed by atoms with Gasteiger partial charge in [-0.1, -0.05) is 42.1 Å². The van der Waals surface area contributed by atoms with Crippen molar-refractivity contribution in [1.82, 2.24) is 19.7 Å². The number of Topliss-reactive ketones (excluding diaryl/α,β-unsaturated/α-hetero) is 1. The third-order valence-electron chi connectivity index (χ3n) is 3.55. The lowest BCUT2D eigenvalue weighted by atomic mass is 10.1. The van der Waals surface area contributed by atoms with Crippen molar-refractivity contribution in [3.63, 3.8) is 0 Å². The van der Waals surface area contributed by atoms with Crippen molar-refractivity contribution in [3.05, 3.63) is 46.4 Å². The number of ketones is 1. The second kappa shape index (κ2) is 7.59. The topological polar surface area (TPSA) is 84.5 Å². The molecule has 2 aromatic heterocycles. The number of benzene rings is 1. The molecule has 0 saturated heterocycles. The summed E-state index contributed by atoms with van der Waals surface area (Å²) in [5.74, 6) is -0.112. The quantitative estimate of drug-likeness (QED) is 0.620. The van der Waals surface area contributed by atoms with E-state index in [1.807, 2.05) is 54.3 Å². The number of rotatable bonds is 6. The fraction of sp³-hybridized carbons (Fsp3) is 0.235. The monoisotopic (exact) mass is 369 g/mol. The van der Waals surface area contributed by atoms with Crippen molar-refractivity contribution in [1.29, 1.82) is 5.26 Å². The molecule has 0 radical (unpaired) electrons. The summed E-state index contributed by atoms with van der Waals surface area (Å²) in [5, 5.41) is 20.7. The van der Waals surface area contributed by atoms with Crippen LogP contribution in [0.1, 0.15) is 16.6 Å². The second-order valence-electron chi connectivity index (χ2n) is 5.38. The standard InChI is InChI=1S/C17H15N5OS2/c1-11-9-24-16(19-11)13(8-18)14(23)10-25-17-21-20-15(22(17)2)12-6-4-3-5-7-12/h3-7,9,13H,10H2,1-2H3/t13-/m1/s1. The summed E-state index contributed by atoms with van der Waals surface area (Å²) in [6.07, 6.45) is 0. The Balaban J connectivity index is 1.71. The van der Waals surface area contributed by atoms with Gasteiger partial charge in [0.15, 0.2) is 22.7 Å². The van der Waals surface area contributed by atoms with E-state index in [4.69, 9.17) is 0 Å². The van der Waals surface area contributed by atoms with Gasteiger partial charge in [0.1, 0.15) is 5.01 Å². The molecule has 1 atom stereocenters. The molecule has 0 bridgehead atoms. The maximum absolute atomic E-state index is 12.4. The molecule has 0 fully saturated rings. The van der Waals surface area contributed by atoms with Crippen LogP contribution in [0.15, 0.2) is 40.9 Å². The molecule has 0 spiro atoms. The van der Waals surface area contributed by atoms with Crippen molar-refractivity contribution in [2.75, 3.05) is 5.75 Å². The van der Waals surface area contributed by atoms with E-state index in [1.165, 1.54) is 23.1 Å². The maximum Gasteiger partial charge on any atom is 0.191 e. The largest absolute Gasteiger partial charge is 0.305 e. The smallest absolute Gasteiger partial charge is 0.191 e. The van der Waals surface area contributed by atoms with E-state index in [1.54, 1.807) is 0 Å². The summed E-state index contributed by atoms with van der Waals surface area (Å²) in [7, 11) is 1.86. The number of nitrogens with zero attached hydrogens (tertiary/aromatic N) is 5. The van der Waals surface area contributed by atoms with Gasteiger partial charge in [0, 0.05) is 23.7 Å². The maximum atomic E-state index is 12.4. The van der Waals surface area contributed by atoms with E-state index in [-0.39, 0.29) is 11.5 Å². The van der Waals surface area contributed by atoms with Gasteiger partial charge in [-0.3, -0.25) is 4.79 Å². The molecule has 0 N–H and O–H groups in total. The third-order valence-corrected chi connectivity index (χ3v) is 5.62. The van der Waals surface area contributed by atoms with Gasteiger partial charge in [-0.05, 0) is 6.92 Å². The minimum absolute atomic E-state index is 0.150. The van der Waals surface area contributed by atoms with Crippen LogP contribution >= 0.6 is 23.1 Å². The van der Waals surface area contributed by atoms with Crippen LogP contribution in [0, 0.1) is 18.3 Å². The summed E-state index contributed by atoms with van der Waals surface area (Å²) in [6.45, 7) is 1.85. The van der Waals surface area contributed by atoms with Crippen molar-refractivity contribution in [2.45, 2.75) is 18.0 Å². The second-order valence-corrected chi connectivity index (χ2v) is 7.21. The van der Waals surface area contributed by atoms with E-state index in [9.17, 15) is 10.1 Å². The predicted molar refractivity (Wildman–Crippen MR) is 97.4 cm³/mol. The molecule has 3 aromatic rings. The molecule has 126 valence electrons. The Morgan fingerprint density at radius 1 is 1.36 bits per heavy atom. The first-order chi connectivity index (χ1) is 12.1. The van der Waals surface area contributed by atoms with Crippen LogP contribution < -0.4 is 0 Å². The Morgan fingerprint density at radius 3 is 2.76 bits per heavy atom. The molecule has 1 aromatic carbocycles. The van der Waals surface area contributed by atoms with Gasteiger partial charge >= 0.3 is 0 Å². The first-order valence-electron chi connectivity index (χ1n) is 7.52. The molecule has 6 nitrogen and oxygen atoms in total. The molecule has 2 heterocycles. The highest BCUT2D eigenvalue weighted by molar-refractivity contribution is 7.99. The van der Waals surface area contributed by atoms with Crippen LogP contribution in [-0.4, -0.2) is 31.3 Å². The van der Waals surface area contributed by atoms with Crippen molar-refractivity contribution < 1.29 is 4.79 Å². The first-order valence-corrected chi connectivity index (χ1v) is 9.38. The third kappa shape index (κ3) is 3.78. The zero-order valence-electron chi connectivity index (χ0n) is 13.7. The van der Waals surface area contributed by atoms with Gasteiger partial charge < -0.3 is 4.57 Å². The number of carbonyl (C=O) groups is 1. The molecule has 8 heteroatoms. The zero-order valence-corrected chi connectivity index (χ0v) is 15.3. The van der Waals surface area contributed by atoms with Crippen LogP contribution in [0.4, 0.5) is 0 Å². The Labute approximate surface area is 153 Å². The number of aromatic nitrogens is 4. The minimum Gasteiger partial charge on any atom is -0.305 e. The number of nitriles is 1. The lowest BCUT2D eigenvalue weighted by Crippen LogP contribution is -2.13. The van der Waals surface area contributed by atoms with Gasteiger partial charge in [-0.25, -0.2) is 4.98 Å². The molecule has 0 saturated carbocycles. The van der Waals surface area contributed by atoms with Gasteiger partial charge in [0.05, 0.1) is 11.8 Å². The van der Waals surface area contributed by atoms with E-state index >= 15 is 0 Å². The summed E-state index contributed by atoms with van der Waals surface area (Å²) >= 11 is 2.62. The van der Waals surface area contributed by atoms with Gasteiger partial charge in [0.2, 0.25) is 0 Å². The van der Waals surface area contributed by atoms with Crippen LogP contribution in [0.2, 0.25) is 0 Å². The van der Waals surface area contributed by atoms with Crippen LogP contribution in [0.5, 0.6) is 0 Å². The molecule has 25 heavy (non-hydrogen) atoms. The van der Waals surface area contributed by atoms with Gasteiger partial charge in [-0.15, -0.1) is 21.5 Å². The minimum atomic E-state index is -0.826. The number of aryl methyl sites for hydroxylation is 1. The highest BCUT2D eigenvalue weighted by Crippen LogP contribution is 2.26. The molecule has 0 unspecified atom stereocenters. The number of hydrogen-bond donors (Lipinski definition) is 0. The Kier molecular flexibility index (Phi) is 5.26. The first kappa shape index (κ1) is 17.3. The van der Waals surface area contributed by atoms with E-state index in [0.717, 1.165) is 17.1 Å². The van der Waals surface area contributed by atoms with Gasteiger partial charge in [0.25, 0.3) is 0 Å². The Hall–Kier alpha value is -2.50. The number of hydrogen-bond acceptors (Lipinski definition) is 7. The Bertz CT molecular complexity index is 926. The summed E-state index contributed by atoms with van der Waals surface area (Å²) in [4.78, 5) is 16.7. The average molecular weight is 369 g/mol. The van der Waals surface area contributed by atoms with Crippen LogP contribution in [0.3, 0.4) is 0 Å². The van der Waals surface area contributed by atoms with Gasteiger partial charge in [-0.2, -0.15) is 5.26 Å². The molecular weight excluding hydrogens is 354 g/mol. The molecule has 0 aliphatic carbocycles. The van der Waals surface area contributed by atoms with E-state index in [0.29, 0.717) is 10.2 Å². The SMILES string of the molecule is Cc1csc([C@H](C#N)C(=O)CSc2nnc(-c3ccccc3)n2C)n1. The lowest BCUT2D eigenvalue weighted by molar-refractivity contribution is -0.116.